The van der Waals surface area contributed by atoms with Gasteiger partial charge in [-0.25, -0.2) is 0 Å². The van der Waals surface area contributed by atoms with Gasteiger partial charge in [-0.1, -0.05) is 12.8 Å². The molecule has 2 N–H and O–H groups in total. The second kappa shape index (κ2) is 5.36. The fourth-order valence-corrected chi connectivity index (χ4v) is 3.43. The summed E-state index contributed by atoms with van der Waals surface area (Å²) in [7, 11) is 0. The lowest BCUT2D eigenvalue weighted by atomic mass is 9.86. The molecule has 2 fully saturated rings. The van der Waals surface area contributed by atoms with Crippen molar-refractivity contribution in [2.24, 2.45) is 5.73 Å². The van der Waals surface area contributed by atoms with Crippen molar-refractivity contribution < 1.29 is 9.53 Å². The molecule has 4 nitrogen and oxygen atoms in total. The van der Waals surface area contributed by atoms with Crippen LogP contribution in [0.15, 0.2) is 0 Å². The maximum atomic E-state index is 11.9. The summed E-state index contributed by atoms with van der Waals surface area (Å²) >= 11 is 0. The Labute approximate surface area is 103 Å². The second-order valence-corrected chi connectivity index (χ2v) is 5.23. The van der Waals surface area contributed by atoms with Gasteiger partial charge in [0, 0.05) is 5.54 Å². The molecule has 0 bridgehead atoms. The fourth-order valence-electron chi connectivity index (χ4n) is 3.43. The van der Waals surface area contributed by atoms with E-state index in [9.17, 15) is 4.79 Å². The van der Waals surface area contributed by atoms with Crippen molar-refractivity contribution in [3.8, 4) is 0 Å². The van der Waals surface area contributed by atoms with Crippen LogP contribution >= 0.6 is 0 Å². The quantitative estimate of drug-likeness (QED) is 0.752. The Morgan fingerprint density at radius 1 is 1.29 bits per heavy atom. The molecule has 1 saturated carbocycles. The molecule has 2 aliphatic rings. The predicted octanol–water partition coefficient (Wildman–Crippen LogP) is 1.29. The Kier molecular flexibility index (Phi) is 4.05. The highest BCUT2D eigenvalue weighted by Gasteiger charge is 2.48. The van der Waals surface area contributed by atoms with E-state index in [0.717, 1.165) is 25.9 Å². The third-order valence-corrected chi connectivity index (χ3v) is 4.32. The van der Waals surface area contributed by atoms with E-state index in [1.165, 1.54) is 25.7 Å². The Bertz CT molecular complexity index is 269. The molecule has 0 aromatic rings. The molecule has 0 unspecified atom stereocenters. The van der Waals surface area contributed by atoms with E-state index in [0.29, 0.717) is 6.61 Å². The Hall–Kier alpha value is -0.610. The van der Waals surface area contributed by atoms with Gasteiger partial charge in [0.1, 0.15) is 6.04 Å². The van der Waals surface area contributed by atoms with Crippen LogP contribution in [0.25, 0.3) is 0 Å². The first-order valence-corrected chi connectivity index (χ1v) is 6.88. The smallest absolute Gasteiger partial charge is 0.324 e. The van der Waals surface area contributed by atoms with Crippen molar-refractivity contribution in [3.63, 3.8) is 0 Å². The summed E-state index contributed by atoms with van der Waals surface area (Å²) in [4.78, 5) is 14.4. The molecule has 2 rings (SSSR count). The zero-order valence-corrected chi connectivity index (χ0v) is 10.8. The second-order valence-electron chi connectivity index (χ2n) is 5.23. The first kappa shape index (κ1) is 12.8. The molecule has 0 aromatic carbocycles. The number of carbonyl (C=O) groups is 1. The third-order valence-electron chi connectivity index (χ3n) is 4.32. The van der Waals surface area contributed by atoms with Crippen molar-refractivity contribution >= 4 is 5.97 Å². The van der Waals surface area contributed by atoms with Crippen molar-refractivity contribution in [3.05, 3.63) is 0 Å². The number of esters is 1. The number of hydrogen-bond donors (Lipinski definition) is 1. The highest BCUT2D eigenvalue weighted by atomic mass is 16.5. The minimum atomic E-state index is -0.469. The lowest BCUT2D eigenvalue weighted by molar-refractivity contribution is -0.148. The van der Waals surface area contributed by atoms with Gasteiger partial charge >= 0.3 is 5.97 Å². The van der Waals surface area contributed by atoms with Gasteiger partial charge in [0.05, 0.1) is 6.61 Å². The first-order chi connectivity index (χ1) is 8.20. The van der Waals surface area contributed by atoms with E-state index < -0.39 is 6.04 Å². The SMILES string of the molecule is CCOC(=O)[C@H](N)C1(N2CCCC2)CCCC1. The Balaban J connectivity index is 2.12. The van der Waals surface area contributed by atoms with Crippen LogP contribution in [-0.2, 0) is 9.53 Å². The number of rotatable bonds is 4. The summed E-state index contributed by atoms with van der Waals surface area (Å²) in [6.07, 6.45) is 6.93. The van der Waals surface area contributed by atoms with Gasteiger partial charge < -0.3 is 10.5 Å². The number of likely N-dealkylation sites (tertiary alicyclic amines) is 1. The molecule has 17 heavy (non-hydrogen) atoms. The van der Waals surface area contributed by atoms with Gasteiger partial charge in [0.25, 0.3) is 0 Å². The van der Waals surface area contributed by atoms with E-state index in [4.69, 9.17) is 10.5 Å². The molecule has 0 aromatic heterocycles. The van der Waals surface area contributed by atoms with Crippen molar-refractivity contribution in [2.45, 2.75) is 57.0 Å². The van der Waals surface area contributed by atoms with Crippen LogP contribution in [0.1, 0.15) is 45.4 Å². The molecular formula is C13H24N2O2. The minimum Gasteiger partial charge on any atom is -0.465 e. The molecule has 1 heterocycles. The largest absolute Gasteiger partial charge is 0.465 e. The summed E-state index contributed by atoms with van der Waals surface area (Å²) in [5.41, 5.74) is 6.10. The Morgan fingerprint density at radius 2 is 1.88 bits per heavy atom. The van der Waals surface area contributed by atoms with E-state index in [1.54, 1.807) is 0 Å². The molecule has 1 aliphatic heterocycles. The first-order valence-electron chi connectivity index (χ1n) is 6.88. The third kappa shape index (κ3) is 2.33. The number of carbonyl (C=O) groups excluding carboxylic acids is 1. The van der Waals surface area contributed by atoms with Crippen molar-refractivity contribution in [1.29, 1.82) is 0 Å². The maximum absolute atomic E-state index is 11.9. The van der Waals surface area contributed by atoms with E-state index in [-0.39, 0.29) is 11.5 Å². The number of hydrogen-bond acceptors (Lipinski definition) is 4. The summed E-state index contributed by atoms with van der Waals surface area (Å²) in [6, 6.07) is -0.469. The molecule has 4 heteroatoms. The van der Waals surface area contributed by atoms with Gasteiger partial charge in [0.2, 0.25) is 0 Å². The molecule has 1 saturated heterocycles. The minimum absolute atomic E-state index is 0.108. The molecule has 0 spiro atoms. The number of ether oxygens (including phenoxy) is 1. The van der Waals surface area contributed by atoms with Gasteiger partial charge in [-0.15, -0.1) is 0 Å². The average molecular weight is 240 g/mol. The topological polar surface area (TPSA) is 55.6 Å². The van der Waals surface area contributed by atoms with Crippen LogP contribution in [0.2, 0.25) is 0 Å². The van der Waals surface area contributed by atoms with Crippen molar-refractivity contribution in [1.82, 2.24) is 4.90 Å². The van der Waals surface area contributed by atoms with Gasteiger partial charge in [-0.05, 0) is 45.7 Å². The van der Waals surface area contributed by atoms with E-state index >= 15 is 0 Å². The van der Waals surface area contributed by atoms with Crippen LogP contribution in [0, 0.1) is 0 Å². The van der Waals surface area contributed by atoms with Gasteiger partial charge in [-0.2, -0.15) is 0 Å². The molecule has 0 radical (unpaired) electrons. The van der Waals surface area contributed by atoms with E-state index in [1.807, 2.05) is 6.92 Å². The normalized spacial score (nSPS) is 26.0. The fraction of sp³-hybridized carbons (Fsp3) is 0.923. The van der Waals surface area contributed by atoms with Crippen molar-refractivity contribution in [2.75, 3.05) is 19.7 Å². The lowest BCUT2D eigenvalue weighted by Crippen LogP contribution is -2.61. The lowest BCUT2D eigenvalue weighted by Gasteiger charge is -2.42. The molecule has 1 atom stereocenters. The van der Waals surface area contributed by atoms with Gasteiger partial charge in [-0.3, -0.25) is 9.69 Å². The monoisotopic (exact) mass is 240 g/mol. The number of nitrogens with two attached hydrogens (primary N) is 1. The van der Waals surface area contributed by atoms with E-state index in [2.05, 4.69) is 4.90 Å². The molecule has 98 valence electrons. The molecule has 0 amide bonds. The Morgan fingerprint density at radius 3 is 2.41 bits per heavy atom. The van der Waals surface area contributed by atoms with Crippen LogP contribution < -0.4 is 5.73 Å². The summed E-state index contributed by atoms with van der Waals surface area (Å²) in [5.74, 6) is -0.221. The molecular weight excluding hydrogens is 216 g/mol. The molecule has 1 aliphatic carbocycles. The zero-order valence-electron chi connectivity index (χ0n) is 10.8. The number of nitrogens with zero attached hydrogens (tertiary/aromatic N) is 1. The highest BCUT2D eigenvalue weighted by Crippen LogP contribution is 2.39. The summed E-state index contributed by atoms with van der Waals surface area (Å²) < 4.78 is 5.11. The van der Waals surface area contributed by atoms with Crippen LogP contribution in [0.3, 0.4) is 0 Å². The average Bonchev–Trinajstić information content (AvgIpc) is 2.99. The van der Waals surface area contributed by atoms with Crippen LogP contribution in [0.4, 0.5) is 0 Å². The zero-order chi connectivity index (χ0) is 12.3. The highest BCUT2D eigenvalue weighted by molar-refractivity contribution is 5.77. The summed E-state index contributed by atoms with van der Waals surface area (Å²) in [5, 5.41) is 0. The summed E-state index contributed by atoms with van der Waals surface area (Å²) in [6.45, 7) is 4.44. The van der Waals surface area contributed by atoms with Gasteiger partial charge in [0.15, 0.2) is 0 Å². The van der Waals surface area contributed by atoms with Crippen LogP contribution in [-0.4, -0.2) is 42.1 Å². The standard InChI is InChI=1S/C13H24N2O2/c1-2-17-12(16)11(14)13(7-3-4-8-13)15-9-5-6-10-15/h11H,2-10,14H2,1H3/t11-/m0/s1. The predicted molar refractivity (Wildman–Crippen MR) is 66.6 cm³/mol. The maximum Gasteiger partial charge on any atom is 0.324 e. The van der Waals surface area contributed by atoms with Crippen LogP contribution in [0.5, 0.6) is 0 Å².